The fraction of sp³-hybridized carbons (Fsp3) is 0.143. The van der Waals surface area contributed by atoms with Crippen molar-refractivity contribution in [2.24, 2.45) is 0 Å². The second-order valence-electron chi connectivity index (χ2n) is 5.06. The summed E-state index contributed by atoms with van der Waals surface area (Å²) >= 11 is 0. The SMILES string of the molecule is O=[N+]([O-])c1cc(F)c(N[C@H]2CS(=O)(=O)c3ccccc32)c(F)c1. The van der Waals surface area contributed by atoms with E-state index in [0.29, 0.717) is 17.7 Å². The highest BCUT2D eigenvalue weighted by atomic mass is 32.2. The summed E-state index contributed by atoms with van der Waals surface area (Å²) in [4.78, 5) is 9.78. The minimum Gasteiger partial charge on any atom is -0.372 e. The van der Waals surface area contributed by atoms with Crippen molar-refractivity contribution in [3.8, 4) is 0 Å². The molecule has 0 radical (unpaired) electrons. The predicted molar refractivity (Wildman–Crippen MR) is 77.9 cm³/mol. The van der Waals surface area contributed by atoms with E-state index < -0.39 is 43.8 Å². The summed E-state index contributed by atoms with van der Waals surface area (Å²) in [5.41, 5.74) is -0.901. The standard InChI is InChI=1S/C14H10F2N2O4S/c15-10-5-8(18(19)20)6-11(16)14(10)17-12-7-23(21,22)13-4-2-1-3-9(12)13/h1-6,12,17H,7H2/t12-/m0/s1. The molecule has 1 aliphatic rings. The molecule has 1 atom stereocenters. The number of fused-ring (bicyclic) bond motifs is 1. The molecule has 0 saturated carbocycles. The van der Waals surface area contributed by atoms with Crippen molar-refractivity contribution in [3.05, 3.63) is 63.7 Å². The molecule has 120 valence electrons. The quantitative estimate of drug-likeness (QED) is 0.685. The molecule has 0 aromatic heterocycles. The normalized spacial score (nSPS) is 18.4. The van der Waals surface area contributed by atoms with Gasteiger partial charge in [-0.15, -0.1) is 0 Å². The lowest BCUT2D eigenvalue weighted by molar-refractivity contribution is -0.385. The number of rotatable bonds is 3. The number of nitro groups is 1. The largest absolute Gasteiger partial charge is 0.372 e. The van der Waals surface area contributed by atoms with E-state index in [1.807, 2.05) is 0 Å². The first-order valence-corrected chi connectivity index (χ1v) is 8.16. The minimum absolute atomic E-state index is 0.111. The zero-order chi connectivity index (χ0) is 16.8. The molecule has 0 saturated heterocycles. The Labute approximate surface area is 129 Å². The highest BCUT2D eigenvalue weighted by Gasteiger charge is 2.35. The van der Waals surface area contributed by atoms with Crippen LogP contribution >= 0.6 is 0 Å². The van der Waals surface area contributed by atoms with Crippen LogP contribution in [0.15, 0.2) is 41.3 Å². The van der Waals surface area contributed by atoms with E-state index in [9.17, 15) is 27.3 Å². The van der Waals surface area contributed by atoms with Crippen LogP contribution in [0.5, 0.6) is 0 Å². The van der Waals surface area contributed by atoms with E-state index in [1.165, 1.54) is 6.07 Å². The molecule has 0 spiro atoms. The van der Waals surface area contributed by atoms with Gasteiger partial charge in [-0.2, -0.15) is 0 Å². The van der Waals surface area contributed by atoms with E-state index in [0.717, 1.165) is 0 Å². The van der Waals surface area contributed by atoms with Gasteiger partial charge in [0.2, 0.25) is 0 Å². The molecule has 1 aliphatic heterocycles. The highest BCUT2D eigenvalue weighted by Crippen LogP contribution is 2.37. The lowest BCUT2D eigenvalue weighted by Crippen LogP contribution is -2.15. The maximum absolute atomic E-state index is 13.9. The smallest absolute Gasteiger partial charge is 0.275 e. The number of hydrogen-bond acceptors (Lipinski definition) is 5. The van der Waals surface area contributed by atoms with E-state index >= 15 is 0 Å². The number of non-ortho nitro benzene ring substituents is 1. The summed E-state index contributed by atoms with van der Waals surface area (Å²) in [6, 6.07) is 6.50. The number of hydrogen-bond donors (Lipinski definition) is 1. The van der Waals surface area contributed by atoms with Gasteiger partial charge in [-0.3, -0.25) is 10.1 Å². The average molecular weight is 340 g/mol. The molecule has 3 rings (SSSR count). The van der Waals surface area contributed by atoms with Crippen LogP contribution in [0.25, 0.3) is 0 Å². The van der Waals surface area contributed by atoms with Gasteiger partial charge in [0, 0.05) is 0 Å². The molecule has 9 heteroatoms. The molecule has 1 heterocycles. The van der Waals surface area contributed by atoms with Gasteiger partial charge < -0.3 is 5.32 Å². The third-order valence-corrected chi connectivity index (χ3v) is 5.39. The third kappa shape index (κ3) is 2.63. The molecule has 0 amide bonds. The lowest BCUT2D eigenvalue weighted by Gasteiger charge is -2.15. The number of nitrogens with one attached hydrogen (secondary N) is 1. The van der Waals surface area contributed by atoms with Crippen LogP contribution in [0.1, 0.15) is 11.6 Å². The topological polar surface area (TPSA) is 89.3 Å². The Bertz CT molecular complexity index is 892. The molecule has 23 heavy (non-hydrogen) atoms. The fourth-order valence-electron chi connectivity index (χ4n) is 2.55. The zero-order valence-corrected chi connectivity index (χ0v) is 12.3. The number of benzene rings is 2. The van der Waals surface area contributed by atoms with Gasteiger partial charge in [-0.05, 0) is 11.6 Å². The second kappa shape index (κ2) is 5.27. The van der Waals surface area contributed by atoms with Crippen molar-refractivity contribution in [1.29, 1.82) is 0 Å². The van der Waals surface area contributed by atoms with E-state index in [2.05, 4.69) is 5.32 Å². The van der Waals surface area contributed by atoms with Crippen LogP contribution in [-0.4, -0.2) is 19.1 Å². The first-order chi connectivity index (χ1) is 10.8. The molecule has 0 fully saturated rings. The van der Waals surface area contributed by atoms with E-state index in [4.69, 9.17) is 0 Å². The van der Waals surface area contributed by atoms with Gasteiger partial charge in [0.1, 0.15) is 5.69 Å². The van der Waals surface area contributed by atoms with Crippen molar-refractivity contribution in [2.45, 2.75) is 10.9 Å². The third-order valence-electron chi connectivity index (χ3n) is 3.57. The number of nitrogens with zero attached hydrogens (tertiary/aromatic N) is 1. The predicted octanol–water partition coefficient (Wildman–Crippen LogP) is 2.81. The fourth-order valence-corrected chi connectivity index (χ4v) is 4.28. The molecule has 1 N–H and O–H groups in total. The van der Waals surface area contributed by atoms with Crippen LogP contribution < -0.4 is 5.32 Å². The molecular formula is C14H10F2N2O4S. The number of nitro benzene ring substituents is 1. The molecule has 0 bridgehead atoms. The Balaban J connectivity index is 2.00. The van der Waals surface area contributed by atoms with Crippen LogP contribution in [0.3, 0.4) is 0 Å². The Morgan fingerprint density at radius 3 is 2.39 bits per heavy atom. The molecule has 0 aliphatic carbocycles. The molecule has 0 unspecified atom stereocenters. The summed E-state index contributed by atoms with van der Waals surface area (Å²) in [6.07, 6.45) is 0. The Morgan fingerprint density at radius 2 is 1.78 bits per heavy atom. The van der Waals surface area contributed by atoms with Crippen molar-refractivity contribution in [3.63, 3.8) is 0 Å². The minimum atomic E-state index is -3.54. The van der Waals surface area contributed by atoms with Crippen LogP contribution in [-0.2, 0) is 9.84 Å². The number of halogens is 2. The summed E-state index contributed by atoms with van der Waals surface area (Å²) < 4.78 is 52.0. The van der Waals surface area contributed by atoms with E-state index in [1.54, 1.807) is 18.2 Å². The van der Waals surface area contributed by atoms with Gasteiger partial charge in [0.05, 0.1) is 33.7 Å². The molecule has 2 aromatic rings. The van der Waals surface area contributed by atoms with Gasteiger partial charge in [0.25, 0.3) is 5.69 Å². The summed E-state index contributed by atoms with van der Waals surface area (Å²) in [7, 11) is -3.54. The first kappa shape index (κ1) is 15.3. The lowest BCUT2D eigenvalue weighted by atomic mass is 10.1. The highest BCUT2D eigenvalue weighted by molar-refractivity contribution is 7.91. The van der Waals surface area contributed by atoms with Gasteiger partial charge >= 0.3 is 0 Å². The van der Waals surface area contributed by atoms with Crippen LogP contribution in [0.4, 0.5) is 20.2 Å². The zero-order valence-electron chi connectivity index (χ0n) is 11.5. The van der Waals surface area contributed by atoms with Crippen LogP contribution in [0, 0.1) is 21.7 Å². The summed E-state index contributed by atoms with van der Waals surface area (Å²) in [5, 5.41) is 13.1. The maximum atomic E-state index is 13.9. The molecule has 6 nitrogen and oxygen atoms in total. The first-order valence-electron chi connectivity index (χ1n) is 6.51. The van der Waals surface area contributed by atoms with Gasteiger partial charge in [-0.1, -0.05) is 18.2 Å². The van der Waals surface area contributed by atoms with Gasteiger partial charge in [-0.25, -0.2) is 17.2 Å². The van der Waals surface area contributed by atoms with Crippen molar-refractivity contribution in [2.75, 3.05) is 11.1 Å². The summed E-state index contributed by atoms with van der Waals surface area (Å²) in [5.74, 6) is -2.65. The molecule has 2 aromatic carbocycles. The number of anilines is 1. The Hall–Kier alpha value is -2.55. The van der Waals surface area contributed by atoms with Crippen molar-refractivity contribution >= 4 is 21.2 Å². The van der Waals surface area contributed by atoms with E-state index in [-0.39, 0.29) is 10.6 Å². The van der Waals surface area contributed by atoms with Crippen molar-refractivity contribution in [1.82, 2.24) is 0 Å². The average Bonchev–Trinajstić information content (AvgIpc) is 2.74. The number of sulfone groups is 1. The van der Waals surface area contributed by atoms with Crippen LogP contribution in [0.2, 0.25) is 0 Å². The Morgan fingerprint density at radius 1 is 1.17 bits per heavy atom. The summed E-state index contributed by atoms with van der Waals surface area (Å²) in [6.45, 7) is 0. The maximum Gasteiger partial charge on any atom is 0.275 e. The second-order valence-corrected chi connectivity index (χ2v) is 7.06. The molecular weight excluding hydrogens is 330 g/mol. The Kier molecular flexibility index (Phi) is 3.52. The van der Waals surface area contributed by atoms with Gasteiger partial charge in [0.15, 0.2) is 21.5 Å². The monoisotopic (exact) mass is 340 g/mol. The van der Waals surface area contributed by atoms with Crippen molar-refractivity contribution < 1.29 is 22.1 Å².